The molecule has 150 valence electrons. The summed E-state index contributed by atoms with van der Waals surface area (Å²) in [6.45, 7) is 7.95. The number of pyridine rings is 2. The number of hydrogen-bond acceptors (Lipinski definition) is 5. The third kappa shape index (κ3) is 3.09. The van der Waals surface area contributed by atoms with Crippen LogP contribution in [0.25, 0.3) is 11.0 Å². The molecule has 1 saturated heterocycles. The van der Waals surface area contributed by atoms with Crippen LogP contribution in [0.1, 0.15) is 33.4 Å². The molecule has 6 nitrogen and oxygen atoms in total. The van der Waals surface area contributed by atoms with Crippen LogP contribution in [0.15, 0.2) is 34.6 Å². The topological polar surface area (TPSA) is 58.4 Å². The molecule has 0 saturated carbocycles. The molecule has 0 aromatic carbocycles. The highest BCUT2D eigenvalue weighted by Gasteiger charge is 2.37. The number of aryl methyl sites for hydroxylation is 2. The van der Waals surface area contributed by atoms with E-state index in [1.54, 1.807) is 17.2 Å². The third-order valence-electron chi connectivity index (χ3n) is 6.13. The fourth-order valence-corrected chi connectivity index (χ4v) is 5.25. The van der Waals surface area contributed by atoms with Crippen molar-refractivity contribution in [3.05, 3.63) is 61.7 Å². The van der Waals surface area contributed by atoms with Gasteiger partial charge in [0.1, 0.15) is 11.2 Å². The van der Waals surface area contributed by atoms with Crippen molar-refractivity contribution < 1.29 is 4.79 Å². The lowest BCUT2D eigenvalue weighted by molar-refractivity contribution is 0.0219. The lowest BCUT2D eigenvalue weighted by Crippen LogP contribution is -2.62. The second-order valence-corrected chi connectivity index (χ2v) is 8.94. The van der Waals surface area contributed by atoms with Gasteiger partial charge in [-0.3, -0.25) is 14.5 Å². The molecule has 3 aromatic heterocycles. The van der Waals surface area contributed by atoms with Gasteiger partial charge in [0.25, 0.3) is 5.91 Å². The molecule has 1 amide bonds. The molecule has 0 bridgehead atoms. The summed E-state index contributed by atoms with van der Waals surface area (Å²) in [7, 11) is 0. The maximum atomic E-state index is 13.1. The molecule has 5 heterocycles. The number of thiophene rings is 1. The van der Waals surface area contributed by atoms with Crippen molar-refractivity contribution in [3.63, 3.8) is 0 Å². The van der Waals surface area contributed by atoms with Gasteiger partial charge in [-0.2, -0.15) is 0 Å². The van der Waals surface area contributed by atoms with E-state index in [1.165, 1.54) is 10.4 Å². The maximum absolute atomic E-state index is 13.1. The largest absolute Gasteiger partial charge is 0.335 e. The molecule has 5 rings (SSSR count). The van der Waals surface area contributed by atoms with Gasteiger partial charge in [-0.15, -0.1) is 11.3 Å². The predicted molar refractivity (Wildman–Crippen MR) is 115 cm³/mol. The standard InChI is InChI=1S/C22H24N4O2S/c1-3-24-13-18(20(27)17-5-4-14(2)23-21(17)24)22(28)26-11-16(12-26)25-8-6-19-15(10-25)7-9-29-19/h4-5,7,9,13,16H,3,6,8,10-12H2,1-2H3. The zero-order chi connectivity index (χ0) is 20.1. The van der Waals surface area contributed by atoms with Gasteiger partial charge in [-0.05, 0) is 49.4 Å². The molecular formula is C22H24N4O2S. The summed E-state index contributed by atoms with van der Waals surface area (Å²) < 4.78 is 1.90. The molecule has 0 aliphatic carbocycles. The van der Waals surface area contributed by atoms with Gasteiger partial charge >= 0.3 is 0 Å². The summed E-state index contributed by atoms with van der Waals surface area (Å²) in [5.74, 6) is -0.163. The molecule has 0 unspecified atom stereocenters. The van der Waals surface area contributed by atoms with Crippen LogP contribution in [0.2, 0.25) is 0 Å². The summed E-state index contributed by atoms with van der Waals surface area (Å²) in [5.41, 5.74) is 2.97. The first-order valence-electron chi connectivity index (χ1n) is 10.1. The summed E-state index contributed by atoms with van der Waals surface area (Å²) in [6.07, 6.45) is 2.78. The first kappa shape index (κ1) is 18.5. The van der Waals surface area contributed by atoms with Crippen molar-refractivity contribution in [2.24, 2.45) is 0 Å². The average molecular weight is 409 g/mol. The quantitative estimate of drug-likeness (QED) is 0.669. The monoisotopic (exact) mass is 408 g/mol. The van der Waals surface area contributed by atoms with E-state index < -0.39 is 0 Å². The van der Waals surface area contributed by atoms with Crippen LogP contribution in [0.3, 0.4) is 0 Å². The van der Waals surface area contributed by atoms with Crippen molar-refractivity contribution in [1.82, 2.24) is 19.4 Å². The van der Waals surface area contributed by atoms with E-state index in [2.05, 4.69) is 21.3 Å². The van der Waals surface area contributed by atoms with E-state index in [9.17, 15) is 9.59 Å². The van der Waals surface area contributed by atoms with E-state index >= 15 is 0 Å². The Kier molecular flexibility index (Phi) is 4.52. The molecule has 3 aromatic rings. The molecular weight excluding hydrogens is 384 g/mol. The van der Waals surface area contributed by atoms with E-state index in [0.29, 0.717) is 36.7 Å². The minimum absolute atomic E-state index is 0.163. The van der Waals surface area contributed by atoms with E-state index in [1.807, 2.05) is 35.8 Å². The zero-order valence-electron chi connectivity index (χ0n) is 16.7. The Morgan fingerprint density at radius 1 is 1.28 bits per heavy atom. The summed E-state index contributed by atoms with van der Waals surface area (Å²) >= 11 is 1.84. The van der Waals surface area contributed by atoms with Crippen molar-refractivity contribution in [1.29, 1.82) is 0 Å². The van der Waals surface area contributed by atoms with Gasteiger partial charge < -0.3 is 9.47 Å². The number of rotatable bonds is 3. The highest BCUT2D eigenvalue weighted by molar-refractivity contribution is 7.10. The van der Waals surface area contributed by atoms with Crippen LogP contribution in [0, 0.1) is 6.92 Å². The summed E-state index contributed by atoms with van der Waals surface area (Å²) in [4.78, 5) is 36.3. The SMILES string of the molecule is CCn1cc(C(=O)N2CC(N3CCc4sccc4C3)C2)c(=O)c2ccc(C)nc21. The number of aromatic nitrogens is 2. The first-order valence-corrected chi connectivity index (χ1v) is 11.0. The molecule has 1 fully saturated rings. The van der Waals surface area contributed by atoms with Crippen LogP contribution < -0.4 is 5.43 Å². The van der Waals surface area contributed by atoms with Gasteiger partial charge in [-0.1, -0.05) is 0 Å². The van der Waals surface area contributed by atoms with E-state index in [-0.39, 0.29) is 16.9 Å². The predicted octanol–water partition coefficient (Wildman–Crippen LogP) is 2.67. The first-order chi connectivity index (χ1) is 14.0. The number of hydrogen-bond donors (Lipinski definition) is 0. The second-order valence-electron chi connectivity index (χ2n) is 7.94. The van der Waals surface area contributed by atoms with Gasteiger partial charge in [-0.25, -0.2) is 4.98 Å². The molecule has 7 heteroatoms. The van der Waals surface area contributed by atoms with Crippen LogP contribution >= 0.6 is 11.3 Å². The Morgan fingerprint density at radius 2 is 2.10 bits per heavy atom. The highest BCUT2D eigenvalue weighted by atomic mass is 32.1. The summed E-state index contributed by atoms with van der Waals surface area (Å²) in [6, 6.07) is 6.21. The van der Waals surface area contributed by atoms with E-state index in [4.69, 9.17) is 0 Å². The Labute approximate surface area is 173 Å². The van der Waals surface area contributed by atoms with Gasteiger partial charge in [0.05, 0.1) is 5.39 Å². The molecule has 0 radical (unpaired) electrons. The second kappa shape index (κ2) is 7.07. The number of carbonyl (C=O) groups excluding carboxylic acids is 1. The van der Waals surface area contributed by atoms with Crippen molar-refractivity contribution in [3.8, 4) is 0 Å². The average Bonchev–Trinajstić information content (AvgIpc) is 3.15. The highest BCUT2D eigenvalue weighted by Crippen LogP contribution is 2.28. The number of likely N-dealkylation sites (tertiary alicyclic amines) is 1. The Bertz CT molecular complexity index is 1160. The van der Waals surface area contributed by atoms with Gasteiger partial charge in [0.2, 0.25) is 5.43 Å². The molecule has 29 heavy (non-hydrogen) atoms. The van der Waals surface area contributed by atoms with Gasteiger partial charge in [0.15, 0.2) is 0 Å². The van der Waals surface area contributed by atoms with Crippen molar-refractivity contribution in [2.75, 3.05) is 19.6 Å². The Balaban J connectivity index is 1.36. The fourth-order valence-electron chi connectivity index (χ4n) is 4.36. The maximum Gasteiger partial charge on any atom is 0.259 e. The molecule has 2 aliphatic heterocycles. The molecule has 0 atom stereocenters. The molecule has 2 aliphatic rings. The normalized spacial score (nSPS) is 17.4. The Morgan fingerprint density at radius 3 is 2.90 bits per heavy atom. The van der Waals surface area contributed by atoms with Crippen LogP contribution in [0.5, 0.6) is 0 Å². The van der Waals surface area contributed by atoms with Crippen LogP contribution in [-0.2, 0) is 19.5 Å². The number of carbonyl (C=O) groups is 1. The smallest absolute Gasteiger partial charge is 0.259 e. The lowest BCUT2D eigenvalue weighted by Gasteiger charge is -2.46. The van der Waals surface area contributed by atoms with Crippen LogP contribution in [-0.4, -0.2) is 50.9 Å². The number of amides is 1. The van der Waals surface area contributed by atoms with E-state index in [0.717, 1.165) is 25.2 Å². The molecule has 0 spiro atoms. The minimum Gasteiger partial charge on any atom is -0.335 e. The van der Waals surface area contributed by atoms with Crippen molar-refractivity contribution >= 4 is 28.3 Å². The van der Waals surface area contributed by atoms with Crippen molar-refractivity contribution in [2.45, 2.75) is 39.4 Å². The zero-order valence-corrected chi connectivity index (χ0v) is 17.5. The number of nitrogens with zero attached hydrogens (tertiary/aromatic N) is 4. The lowest BCUT2D eigenvalue weighted by atomic mass is 10.0. The fraction of sp³-hybridized carbons (Fsp3) is 0.409. The summed E-state index contributed by atoms with van der Waals surface area (Å²) in [5, 5.41) is 2.68. The minimum atomic E-state index is -0.216. The van der Waals surface area contributed by atoms with Crippen LogP contribution in [0.4, 0.5) is 0 Å². The number of fused-ring (bicyclic) bond motifs is 2. The third-order valence-corrected chi connectivity index (χ3v) is 7.16. The van der Waals surface area contributed by atoms with Gasteiger partial charge in [0, 0.05) is 55.5 Å². The Hall–Kier alpha value is -2.51. The molecule has 0 N–H and O–H groups in total.